The number of carbonyl (C=O) groups is 1. The van der Waals surface area contributed by atoms with Crippen LogP contribution in [0.5, 0.6) is 5.75 Å². The molecule has 0 aliphatic carbocycles. The average Bonchev–Trinajstić information content (AvgIpc) is 3.16. The van der Waals surface area contributed by atoms with E-state index in [1.165, 1.54) is 12.4 Å². The summed E-state index contributed by atoms with van der Waals surface area (Å²) in [6.07, 6.45) is 3.71. The zero-order valence-corrected chi connectivity index (χ0v) is 14.1. The summed E-state index contributed by atoms with van der Waals surface area (Å²) < 4.78 is 20.5. The smallest absolute Gasteiger partial charge is 0.251 e. The zero-order valence-electron chi connectivity index (χ0n) is 14.1. The van der Waals surface area contributed by atoms with E-state index in [1.54, 1.807) is 41.3 Å². The van der Waals surface area contributed by atoms with Crippen molar-refractivity contribution in [3.63, 3.8) is 0 Å². The highest BCUT2D eigenvalue weighted by Gasteiger charge is 2.06. The molecule has 0 bridgehead atoms. The third kappa shape index (κ3) is 4.89. The minimum atomic E-state index is -0.387. The molecule has 0 aliphatic heterocycles. The van der Waals surface area contributed by atoms with E-state index >= 15 is 0 Å². The van der Waals surface area contributed by atoms with E-state index in [0.29, 0.717) is 31.7 Å². The maximum Gasteiger partial charge on any atom is 0.251 e. The fourth-order valence-electron chi connectivity index (χ4n) is 2.38. The molecule has 6 nitrogen and oxygen atoms in total. The van der Waals surface area contributed by atoms with Crippen molar-refractivity contribution in [2.45, 2.75) is 13.0 Å². The van der Waals surface area contributed by atoms with Gasteiger partial charge in [-0.25, -0.2) is 14.1 Å². The highest BCUT2D eigenvalue weighted by Crippen LogP contribution is 2.15. The first-order valence-corrected chi connectivity index (χ1v) is 8.29. The van der Waals surface area contributed by atoms with E-state index < -0.39 is 0 Å². The van der Waals surface area contributed by atoms with Crippen molar-refractivity contribution in [1.82, 2.24) is 20.1 Å². The van der Waals surface area contributed by atoms with Crippen LogP contribution in [0.1, 0.15) is 22.3 Å². The van der Waals surface area contributed by atoms with Crippen LogP contribution in [0.25, 0.3) is 0 Å². The summed E-state index contributed by atoms with van der Waals surface area (Å²) >= 11 is 0. The van der Waals surface area contributed by atoms with Crippen molar-refractivity contribution in [2.75, 3.05) is 13.2 Å². The Balaban J connectivity index is 1.40. The Morgan fingerprint density at radius 1 is 1.15 bits per heavy atom. The second-order valence-electron chi connectivity index (χ2n) is 5.68. The topological polar surface area (TPSA) is 69.0 Å². The minimum Gasteiger partial charge on any atom is -0.490 e. The molecule has 0 radical (unpaired) electrons. The van der Waals surface area contributed by atoms with Gasteiger partial charge in [-0.15, -0.1) is 0 Å². The van der Waals surface area contributed by atoms with Crippen LogP contribution in [0.2, 0.25) is 0 Å². The van der Waals surface area contributed by atoms with Crippen LogP contribution in [-0.4, -0.2) is 33.8 Å². The quantitative estimate of drug-likeness (QED) is 0.632. The predicted molar refractivity (Wildman–Crippen MR) is 94.4 cm³/mol. The molecule has 134 valence electrons. The van der Waals surface area contributed by atoms with Gasteiger partial charge in [-0.3, -0.25) is 4.79 Å². The second-order valence-corrected chi connectivity index (χ2v) is 5.68. The number of nitrogens with one attached hydrogen (secondary N) is 1. The highest BCUT2D eigenvalue weighted by atomic mass is 19.1. The molecule has 0 saturated heterocycles. The molecular weight excluding hydrogens is 335 g/mol. The van der Waals surface area contributed by atoms with Crippen molar-refractivity contribution in [1.29, 1.82) is 0 Å². The van der Waals surface area contributed by atoms with Crippen molar-refractivity contribution < 1.29 is 13.9 Å². The maximum atomic E-state index is 13.4. The van der Waals surface area contributed by atoms with Crippen LogP contribution >= 0.6 is 0 Å². The molecule has 0 fully saturated rings. The fraction of sp³-hybridized carbons (Fsp3) is 0.211. The standard InChI is InChI=1S/C19H19FN4O2/c20-17-4-1-2-5-18(17)26-11-3-10-22-19(25)16-8-6-15(7-9-16)12-24-14-21-13-23-24/h1-2,4-9,13-14H,3,10-12H2,(H,22,25). The summed E-state index contributed by atoms with van der Waals surface area (Å²) in [5.41, 5.74) is 1.62. The van der Waals surface area contributed by atoms with Gasteiger partial charge in [0.05, 0.1) is 13.2 Å². The van der Waals surface area contributed by atoms with Crippen molar-refractivity contribution >= 4 is 5.91 Å². The summed E-state index contributed by atoms with van der Waals surface area (Å²) in [5.74, 6) is -0.312. The molecule has 0 spiro atoms. The molecule has 1 N–H and O–H groups in total. The SMILES string of the molecule is O=C(NCCCOc1ccccc1F)c1ccc(Cn2cncn2)cc1. The first-order valence-electron chi connectivity index (χ1n) is 8.29. The van der Waals surface area contributed by atoms with E-state index in [9.17, 15) is 9.18 Å². The fourth-order valence-corrected chi connectivity index (χ4v) is 2.38. The Hall–Kier alpha value is -3.22. The number of rotatable bonds is 8. The molecule has 0 unspecified atom stereocenters. The van der Waals surface area contributed by atoms with Gasteiger partial charge in [-0.2, -0.15) is 5.10 Å². The molecule has 1 aromatic heterocycles. The summed E-state index contributed by atoms with van der Waals surface area (Å²) in [4.78, 5) is 16.0. The average molecular weight is 354 g/mol. The Bertz CT molecular complexity index is 835. The van der Waals surface area contributed by atoms with E-state index in [0.717, 1.165) is 5.56 Å². The molecule has 0 atom stereocenters. The Morgan fingerprint density at radius 2 is 1.96 bits per heavy atom. The third-order valence-corrected chi connectivity index (χ3v) is 3.73. The van der Waals surface area contributed by atoms with E-state index in [1.807, 2.05) is 12.1 Å². The molecule has 7 heteroatoms. The number of para-hydroxylation sites is 1. The lowest BCUT2D eigenvalue weighted by Gasteiger charge is -2.08. The van der Waals surface area contributed by atoms with E-state index in [2.05, 4.69) is 15.4 Å². The molecule has 26 heavy (non-hydrogen) atoms. The molecule has 0 aliphatic rings. The van der Waals surface area contributed by atoms with Crippen LogP contribution in [0.15, 0.2) is 61.2 Å². The normalized spacial score (nSPS) is 10.5. The van der Waals surface area contributed by atoms with Gasteiger partial charge in [0.2, 0.25) is 0 Å². The van der Waals surface area contributed by atoms with Gasteiger partial charge in [-0.1, -0.05) is 24.3 Å². The van der Waals surface area contributed by atoms with Gasteiger partial charge >= 0.3 is 0 Å². The molecule has 1 amide bonds. The number of carbonyl (C=O) groups excluding carboxylic acids is 1. The Labute approximate surface area is 150 Å². The van der Waals surface area contributed by atoms with Crippen molar-refractivity contribution in [3.8, 4) is 5.75 Å². The highest BCUT2D eigenvalue weighted by molar-refractivity contribution is 5.94. The monoisotopic (exact) mass is 354 g/mol. The number of benzene rings is 2. The number of amides is 1. The molecule has 2 aromatic carbocycles. The van der Waals surface area contributed by atoms with Crippen LogP contribution in [0, 0.1) is 5.82 Å². The first-order chi connectivity index (χ1) is 12.7. The van der Waals surface area contributed by atoms with Crippen molar-refractivity contribution in [3.05, 3.63) is 78.1 Å². The van der Waals surface area contributed by atoms with Gasteiger partial charge in [0.25, 0.3) is 5.91 Å². The van der Waals surface area contributed by atoms with Crippen molar-refractivity contribution in [2.24, 2.45) is 0 Å². The summed E-state index contributed by atoms with van der Waals surface area (Å²) in [6.45, 7) is 1.39. The summed E-state index contributed by atoms with van der Waals surface area (Å²) in [5, 5.41) is 6.87. The third-order valence-electron chi connectivity index (χ3n) is 3.73. The summed E-state index contributed by atoms with van der Waals surface area (Å²) in [7, 11) is 0. The van der Waals surface area contributed by atoms with Gasteiger partial charge in [0, 0.05) is 12.1 Å². The first kappa shape index (κ1) is 17.6. The second kappa shape index (κ2) is 8.75. The molecule has 1 heterocycles. The van der Waals surface area contributed by atoms with E-state index in [4.69, 9.17) is 4.74 Å². The Kier molecular flexibility index (Phi) is 5.92. The van der Waals surface area contributed by atoms with Gasteiger partial charge in [0.15, 0.2) is 11.6 Å². The van der Waals surface area contributed by atoms with Gasteiger partial charge in [0.1, 0.15) is 12.7 Å². The lowest BCUT2D eigenvalue weighted by Crippen LogP contribution is -2.25. The molecule has 3 rings (SSSR count). The minimum absolute atomic E-state index is 0.150. The lowest BCUT2D eigenvalue weighted by atomic mass is 10.1. The number of nitrogens with zero attached hydrogens (tertiary/aromatic N) is 3. The molecule has 0 saturated carbocycles. The number of ether oxygens (including phenoxy) is 1. The van der Waals surface area contributed by atoms with Crippen LogP contribution < -0.4 is 10.1 Å². The lowest BCUT2D eigenvalue weighted by molar-refractivity contribution is 0.0951. The Morgan fingerprint density at radius 3 is 2.69 bits per heavy atom. The molecule has 3 aromatic rings. The number of hydrogen-bond donors (Lipinski definition) is 1. The maximum absolute atomic E-state index is 13.4. The van der Waals surface area contributed by atoms with Crippen LogP contribution in [0.4, 0.5) is 4.39 Å². The predicted octanol–water partition coefficient (Wildman–Crippen LogP) is 2.66. The zero-order chi connectivity index (χ0) is 18.2. The van der Waals surface area contributed by atoms with Crippen LogP contribution in [0.3, 0.4) is 0 Å². The number of halogens is 1. The van der Waals surface area contributed by atoms with E-state index in [-0.39, 0.29) is 17.5 Å². The number of aromatic nitrogens is 3. The number of hydrogen-bond acceptors (Lipinski definition) is 4. The van der Waals surface area contributed by atoms with Gasteiger partial charge in [-0.05, 0) is 36.2 Å². The summed E-state index contributed by atoms with van der Waals surface area (Å²) in [6, 6.07) is 13.6. The van der Waals surface area contributed by atoms with Crippen LogP contribution in [-0.2, 0) is 6.54 Å². The largest absolute Gasteiger partial charge is 0.490 e. The van der Waals surface area contributed by atoms with Gasteiger partial charge < -0.3 is 10.1 Å². The molecular formula is C19H19FN4O2.